The summed E-state index contributed by atoms with van der Waals surface area (Å²) in [5.41, 5.74) is 1.48. The van der Waals surface area contributed by atoms with Gasteiger partial charge in [0.15, 0.2) is 6.10 Å². The molecule has 0 fully saturated rings. The van der Waals surface area contributed by atoms with E-state index < -0.39 is 34.1 Å². The summed E-state index contributed by atoms with van der Waals surface area (Å²) in [4.78, 5) is 26.1. The number of Topliss-reactive ketones (excluding diaryl/α,β-unsaturated/α-hetero) is 1. The van der Waals surface area contributed by atoms with Crippen LogP contribution in [0.1, 0.15) is 27.6 Å². The van der Waals surface area contributed by atoms with E-state index in [9.17, 15) is 18.0 Å². The maximum Gasteiger partial charge on any atom is 0.422 e. The van der Waals surface area contributed by atoms with E-state index in [1.807, 2.05) is 4.72 Å². The molecule has 1 aliphatic heterocycles. The van der Waals surface area contributed by atoms with Crippen molar-refractivity contribution in [3.8, 4) is 17.2 Å². The molecule has 3 aromatic rings. The Labute approximate surface area is 216 Å². The minimum absolute atomic E-state index is 0.123. The summed E-state index contributed by atoms with van der Waals surface area (Å²) < 4.78 is 49.7. The number of aryl methyl sites for hydroxylation is 1. The Bertz CT molecular complexity index is 1420. The highest BCUT2D eigenvalue weighted by Crippen LogP contribution is 2.40. The first kappa shape index (κ1) is 25.5. The summed E-state index contributed by atoms with van der Waals surface area (Å²) in [5, 5.41) is 0. The lowest BCUT2D eigenvalue weighted by Crippen LogP contribution is -2.43. The summed E-state index contributed by atoms with van der Waals surface area (Å²) in [5.74, 6) is 0.646. The molecule has 0 aromatic heterocycles. The van der Waals surface area contributed by atoms with E-state index in [1.54, 1.807) is 49.4 Å². The summed E-state index contributed by atoms with van der Waals surface area (Å²) in [7, 11) is -1.28. The Balaban J connectivity index is 1.67. The molecule has 0 unspecified atom stereocenters. The number of nitrogens with one attached hydrogen (secondary N) is 1. The fraction of sp³-hybridized carbons (Fsp3) is 0.200. The number of benzene rings is 3. The smallest absolute Gasteiger partial charge is 0.422 e. The lowest BCUT2D eigenvalue weighted by Gasteiger charge is -2.32. The molecular weight excluding hydrogens is 554 g/mol. The van der Waals surface area contributed by atoms with Crippen LogP contribution in [-0.2, 0) is 14.8 Å². The molecule has 0 radical (unpaired) electrons. The molecule has 1 N–H and O–H groups in total. The van der Waals surface area contributed by atoms with E-state index in [2.05, 4.69) is 15.9 Å². The van der Waals surface area contributed by atoms with Gasteiger partial charge in [-0.15, -0.1) is 0 Å². The second-order valence-electron chi connectivity index (χ2n) is 7.90. The van der Waals surface area contributed by atoms with Crippen molar-refractivity contribution in [2.45, 2.75) is 24.0 Å². The van der Waals surface area contributed by atoms with E-state index >= 15 is 0 Å². The Hall–Kier alpha value is -3.57. The molecule has 9 nitrogen and oxygen atoms in total. The molecule has 4 rings (SSSR count). The number of hydrogen-bond donors (Lipinski definition) is 1. The van der Waals surface area contributed by atoms with Crippen LogP contribution in [-0.4, -0.2) is 40.6 Å². The fourth-order valence-corrected chi connectivity index (χ4v) is 5.10. The number of fused-ring (bicyclic) bond motifs is 1. The number of carbonyl (C=O) groups is 2. The van der Waals surface area contributed by atoms with E-state index in [0.717, 1.165) is 5.56 Å². The summed E-state index contributed by atoms with van der Waals surface area (Å²) in [6.45, 7) is 1.80. The van der Waals surface area contributed by atoms with Gasteiger partial charge in [-0.1, -0.05) is 23.8 Å². The van der Waals surface area contributed by atoms with Gasteiger partial charge in [0, 0.05) is 0 Å². The van der Waals surface area contributed by atoms with Gasteiger partial charge in [0.2, 0.25) is 11.9 Å². The second-order valence-corrected chi connectivity index (χ2v) is 10.4. The van der Waals surface area contributed by atoms with Gasteiger partial charge in [-0.25, -0.2) is 17.9 Å². The lowest BCUT2D eigenvalue weighted by molar-refractivity contribution is 0.0106. The molecule has 1 amide bonds. The molecular formula is C25H22BrNO8S. The number of methoxy groups -OCH3 is 2. The number of hydrogen-bond acceptors (Lipinski definition) is 8. The first-order valence-corrected chi connectivity index (χ1v) is 12.9. The fourth-order valence-electron chi connectivity index (χ4n) is 3.66. The van der Waals surface area contributed by atoms with Gasteiger partial charge in [-0.2, -0.15) is 0 Å². The van der Waals surface area contributed by atoms with Crippen molar-refractivity contribution in [2.24, 2.45) is 0 Å². The van der Waals surface area contributed by atoms with Crippen LogP contribution in [0.5, 0.6) is 17.2 Å². The van der Waals surface area contributed by atoms with Crippen molar-refractivity contribution in [1.29, 1.82) is 0 Å². The van der Waals surface area contributed by atoms with Crippen LogP contribution >= 0.6 is 15.9 Å². The molecule has 0 spiro atoms. The van der Waals surface area contributed by atoms with Crippen molar-refractivity contribution >= 4 is 37.8 Å². The third kappa shape index (κ3) is 5.17. The maximum absolute atomic E-state index is 13.5. The van der Waals surface area contributed by atoms with Crippen molar-refractivity contribution in [1.82, 2.24) is 4.72 Å². The van der Waals surface area contributed by atoms with Gasteiger partial charge in [-0.05, 0) is 70.9 Å². The quantitative estimate of drug-likeness (QED) is 0.454. The monoisotopic (exact) mass is 575 g/mol. The zero-order chi connectivity index (χ0) is 26.0. The van der Waals surface area contributed by atoms with Gasteiger partial charge >= 0.3 is 6.09 Å². The van der Waals surface area contributed by atoms with Crippen LogP contribution in [0.3, 0.4) is 0 Å². The van der Waals surface area contributed by atoms with Crippen LogP contribution < -0.4 is 18.9 Å². The van der Waals surface area contributed by atoms with Gasteiger partial charge < -0.3 is 18.9 Å². The molecule has 0 saturated heterocycles. The normalized spacial score (nSPS) is 16.9. The summed E-state index contributed by atoms with van der Waals surface area (Å²) in [6, 6.07) is 15.6. The predicted octanol–water partition coefficient (Wildman–Crippen LogP) is 4.57. The average molecular weight is 576 g/mol. The van der Waals surface area contributed by atoms with Gasteiger partial charge in [0.05, 0.1) is 29.2 Å². The number of sulfonamides is 1. The van der Waals surface area contributed by atoms with Crippen molar-refractivity contribution in [2.75, 3.05) is 14.2 Å². The van der Waals surface area contributed by atoms with Crippen LogP contribution in [0.2, 0.25) is 0 Å². The molecule has 11 heteroatoms. The van der Waals surface area contributed by atoms with E-state index in [0.29, 0.717) is 21.5 Å². The first-order chi connectivity index (χ1) is 17.1. The summed E-state index contributed by atoms with van der Waals surface area (Å²) >= 11 is 3.40. The van der Waals surface area contributed by atoms with Gasteiger partial charge in [-0.3, -0.25) is 4.79 Å². The number of amides is 1. The molecule has 3 aromatic carbocycles. The third-order valence-corrected chi connectivity index (χ3v) is 7.47. The number of ketones is 1. The number of carbonyl (C=O) groups excluding carboxylic acids is 2. The molecule has 0 bridgehead atoms. The standard InChI is InChI=1S/C25H22BrNO8S/c1-14-4-8-17(9-5-14)36(30,31)27-25(29)35-24-22(28)18-13-16(32-2)7-11-20(18)34-23(24)15-6-10-21(33-3)19(26)12-15/h4-13,23-24H,1-3H3,(H,27,29)/t23-,24-/m1/s1. The average Bonchev–Trinajstić information content (AvgIpc) is 2.85. The SMILES string of the molecule is COc1ccc2c(c1)C(=O)[C@@H](OC(=O)NS(=O)(=O)c1ccc(C)cc1)[C@@H](c1ccc(OC)c(Br)c1)O2. The second kappa shape index (κ2) is 10.2. The number of ether oxygens (including phenoxy) is 4. The summed E-state index contributed by atoms with van der Waals surface area (Å²) in [6.07, 6.45) is -3.87. The zero-order valence-corrected chi connectivity index (χ0v) is 21.9. The molecule has 36 heavy (non-hydrogen) atoms. The van der Waals surface area contributed by atoms with Crippen LogP contribution in [0, 0.1) is 6.92 Å². The van der Waals surface area contributed by atoms with E-state index in [1.165, 1.54) is 32.4 Å². The third-order valence-electron chi connectivity index (χ3n) is 5.53. The lowest BCUT2D eigenvalue weighted by atomic mass is 9.93. The molecule has 1 heterocycles. The minimum Gasteiger partial charge on any atom is -0.497 e. The van der Waals surface area contributed by atoms with Gasteiger partial charge in [0.1, 0.15) is 17.2 Å². The van der Waals surface area contributed by atoms with Gasteiger partial charge in [0.25, 0.3) is 10.0 Å². The van der Waals surface area contributed by atoms with Crippen molar-refractivity contribution in [3.05, 3.63) is 81.8 Å². The Kier molecular flexibility index (Phi) is 7.23. The minimum atomic E-state index is -4.23. The zero-order valence-electron chi connectivity index (χ0n) is 19.5. The highest BCUT2D eigenvalue weighted by Gasteiger charge is 2.42. The highest BCUT2D eigenvalue weighted by molar-refractivity contribution is 9.10. The Morgan fingerprint density at radius 1 is 1.00 bits per heavy atom. The van der Waals surface area contributed by atoms with Crippen LogP contribution in [0.25, 0.3) is 0 Å². The predicted molar refractivity (Wildman–Crippen MR) is 133 cm³/mol. The van der Waals surface area contributed by atoms with E-state index in [-0.39, 0.29) is 16.2 Å². The number of halogens is 1. The maximum atomic E-state index is 13.5. The molecule has 0 aliphatic carbocycles. The van der Waals surface area contributed by atoms with Crippen molar-refractivity contribution in [3.63, 3.8) is 0 Å². The largest absolute Gasteiger partial charge is 0.497 e. The highest BCUT2D eigenvalue weighted by atomic mass is 79.9. The van der Waals surface area contributed by atoms with Crippen LogP contribution in [0.4, 0.5) is 4.79 Å². The topological polar surface area (TPSA) is 117 Å². The molecule has 1 aliphatic rings. The molecule has 2 atom stereocenters. The van der Waals surface area contributed by atoms with E-state index in [4.69, 9.17) is 18.9 Å². The van der Waals surface area contributed by atoms with Crippen LogP contribution in [0.15, 0.2) is 70.0 Å². The van der Waals surface area contributed by atoms with Crippen molar-refractivity contribution < 1.29 is 37.0 Å². The number of rotatable bonds is 6. The Morgan fingerprint density at radius 2 is 1.72 bits per heavy atom. The molecule has 0 saturated carbocycles. The molecule has 188 valence electrons. The first-order valence-electron chi connectivity index (χ1n) is 10.7. The Morgan fingerprint density at radius 3 is 2.36 bits per heavy atom.